The van der Waals surface area contributed by atoms with Crippen molar-refractivity contribution in [3.8, 4) is 0 Å². The van der Waals surface area contributed by atoms with Crippen LogP contribution in [0.25, 0.3) is 0 Å². The molecule has 0 aliphatic heterocycles. The number of rotatable bonds is 3. The summed E-state index contributed by atoms with van der Waals surface area (Å²) in [6.45, 7) is 2.01. The van der Waals surface area contributed by atoms with Gasteiger partial charge in [-0.1, -0.05) is 29.6 Å². The number of hydrogen-bond acceptors (Lipinski definition) is 2. The zero-order valence-electron chi connectivity index (χ0n) is 11.9. The lowest BCUT2D eigenvalue weighted by Gasteiger charge is -2.21. The molecule has 0 saturated heterocycles. The van der Waals surface area contributed by atoms with Crippen molar-refractivity contribution in [1.82, 2.24) is 5.43 Å². The Morgan fingerprint density at radius 3 is 2.67 bits per heavy atom. The maximum Gasteiger partial charge on any atom is 0.271 e. The Labute approximate surface area is 134 Å². The first kappa shape index (κ1) is 14.9. The van der Waals surface area contributed by atoms with Gasteiger partial charge in [-0.15, -0.1) is 0 Å². The van der Waals surface area contributed by atoms with Crippen LogP contribution in [0, 0.1) is 17.8 Å². The van der Waals surface area contributed by atoms with Crippen LogP contribution in [-0.2, 0) is 0 Å². The van der Waals surface area contributed by atoms with Gasteiger partial charge in [0.15, 0.2) is 0 Å². The number of hydrogen-bond donors (Lipinski definition) is 1. The monoisotopic (exact) mass is 324 g/mol. The number of halogens is 2. The zero-order valence-corrected chi connectivity index (χ0v) is 13.4. The lowest BCUT2D eigenvalue weighted by atomic mass is 9.86. The summed E-state index contributed by atoms with van der Waals surface area (Å²) < 4.78 is 0. The van der Waals surface area contributed by atoms with Crippen LogP contribution in [0.1, 0.15) is 43.0 Å². The highest BCUT2D eigenvalue weighted by atomic mass is 35.5. The molecule has 0 heterocycles. The van der Waals surface area contributed by atoms with Gasteiger partial charge < -0.3 is 0 Å². The molecule has 3 atom stereocenters. The van der Waals surface area contributed by atoms with Crippen molar-refractivity contribution in [3.63, 3.8) is 0 Å². The molecule has 1 aromatic rings. The molecule has 0 radical (unpaired) electrons. The van der Waals surface area contributed by atoms with E-state index in [4.69, 9.17) is 23.2 Å². The smallest absolute Gasteiger partial charge is 0.267 e. The van der Waals surface area contributed by atoms with Gasteiger partial charge >= 0.3 is 0 Å². The van der Waals surface area contributed by atoms with Gasteiger partial charge in [0.05, 0.1) is 10.0 Å². The molecule has 2 fully saturated rings. The van der Waals surface area contributed by atoms with Gasteiger partial charge in [0.25, 0.3) is 5.91 Å². The maximum atomic E-state index is 12.1. The lowest BCUT2D eigenvalue weighted by molar-refractivity contribution is 0.0954. The summed E-state index contributed by atoms with van der Waals surface area (Å²) in [5, 5.41) is 5.11. The minimum Gasteiger partial charge on any atom is -0.267 e. The molecule has 3 nitrogen and oxygen atoms in total. The summed E-state index contributed by atoms with van der Waals surface area (Å²) in [4.78, 5) is 12.1. The lowest BCUT2D eigenvalue weighted by Crippen LogP contribution is -2.24. The average molecular weight is 325 g/mol. The molecule has 5 heteroatoms. The fourth-order valence-electron chi connectivity index (χ4n) is 3.68. The Bertz CT molecular complexity index is 600. The second kappa shape index (κ2) is 5.98. The zero-order chi connectivity index (χ0) is 15.0. The molecule has 2 aliphatic rings. The normalized spacial score (nSPS) is 28.0. The van der Waals surface area contributed by atoms with E-state index in [0.29, 0.717) is 21.5 Å². The van der Waals surface area contributed by atoms with Gasteiger partial charge in [0, 0.05) is 17.2 Å². The fourth-order valence-corrected chi connectivity index (χ4v) is 3.98. The van der Waals surface area contributed by atoms with Crippen molar-refractivity contribution >= 4 is 34.8 Å². The standard InChI is InChI=1S/C16H18Cl2N2O/c1-9(13-7-10-2-3-11(13)6-10)19-20-16(21)12-4-5-14(17)15(18)8-12/h4-5,8,10-11,13H,2-3,6-7H2,1H3,(H,20,21)/b19-9-/t10-,11-,13+/m0/s1. The number of nitrogens with one attached hydrogen (secondary N) is 1. The Morgan fingerprint density at radius 1 is 1.24 bits per heavy atom. The SMILES string of the molecule is C/C(=N/NC(=O)c1ccc(Cl)c(Cl)c1)[C@H]1C[C@H]2CC[C@H]1C2. The molecule has 3 rings (SSSR count). The first-order valence-electron chi connectivity index (χ1n) is 7.34. The first-order valence-corrected chi connectivity index (χ1v) is 8.09. The Hall–Kier alpha value is -1.06. The van der Waals surface area contributed by atoms with E-state index >= 15 is 0 Å². The quantitative estimate of drug-likeness (QED) is 0.643. The van der Waals surface area contributed by atoms with Crippen molar-refractivity contribution in [2.24, 2.45) is 22.9 Å². The van der Waals surface area contributed by atoms with Gasteiger partial charge in [-0.3, -0.25) is 4.79 Å². The second-order valence-corrected chi connectivity index (χ2v) is 6.92. The van der Waals surface area contributed by atoms with Crippen molar-refractivity contribution in [1.29, 1.82) is 0 Å². The highest BCUT2D eigenvalue weighted by molar-refractivity contribution is 6.42. The van der Waals surface area contributed by atoms with Crippen LogP contribution in [0.3, 0.4) is 0 Å². The van der Waals surface area contributed by atoms with Crippen molar-refractivity contribution in [3.05, 3.63) is 33.8 Å². The summed E-state index contributed by atoms with van der Waals surface area (Å²) in [5.74, 6) is 1.92. The minimum absolute atomic E-state index is 0.254. The van der Waals surface area contributed by atoms with Gasteiger partial charge in [0.2, 0.25) is 0 Å². The number of amides is 1. The second-order valence-electron chi connectivity index (χ2n) is 6.10. The summed E-state index contributed by atoms with van der Waals surface area (Å²) >= 11 is 11.8. The fraction of sp³-hybridized carbons (Fsp3) is 0.500. The van der Waals surface area contributed by atoms with Gasteiger partial charge in [-0.25, -0.2) is 5.43 Å². The molecule has 2 saturated carbocycles. The molecular formula is C16H18Cl2N2O. The number of hydrazone groups is 1. The highest BCUT2D eigenvalue weighted by Crippen LogP contribution is 2.48. The van der Waals surface area contributed by atoms with Gasteiger partial charge in [-0.05, 0) is 56.2 Å². The molecule has 1 N–H and O–H groups in total. The summed E-state index contributed by atoms with van der Waals surface area (Å²) in [6, 6.07) is 4.82. The summed E-state index contributed by atoms with van der Waals surface area (Å²) in [7, 11) is 0. The number of carbonyl (C=O) groups is 1. The van der Waals surface area contributed by atoms with E-state index in [1.165, 1.54) is 25.7 Å². The third-order valence-corrected chi connectivity index (χ3v) is 5.53. The topological polar surface area (TPSA) is 41.5 Å². The number of fused-ring (bicyclic) bond motifs is 2. The van der Waals surface area contributed by atoms with E-state index in [2.05, 4.69) is 10.5 Å². The average Bonchev–Trinajstić information content (AvgIpc) is 3.10. The van der Waals surface area contributed by atoms with Crippen molar-refractivity contribution in [2.75, 3.05) is 0 Å². The molecule has 2 aliphatic carbocycles. The largest absolute Gasteiger partial charge is 0.271 e. The summed E-state index contributed by atoms with van der Waals surface area (Å²) in [6.07, 6.45) is 5.23. The van der Waals surface area contributed by atoms with Crippen LogP contribution in [0.15, 0.2) is 23.3 Å². The van der Waals surface area contributed by atoms with Crippen molar-refractivity contribution in [2.45, 2.75) is 32.6 Å². The number of carbonyl (C=O) groups excluding carboxylic acids is 1. The predicted octanol–water partition coefficient (Wildman–Crippen LogP) is 4.54. The number of benzene rings is 1. The van der Waals surface area contributed by atoms with Crippen LogP contribution < -0.4 is 5.43 Å². The molecular weight excluding hydrogens is 307 g/mol. The molecule has 0 aromatic heterocycles. The number of nitrogens with zero attached hydrogens (tertiary/aromatic N) is 1. The van der Waals surface area contributed by atoms with Crippen LogP contribution in [0.2, 0.25) is 10.0 Å². The molecule has 21 heavy (non-hydrogen) atoms. The molecule has 0 unspecified atom stereocenters. The maximum absolute atomic E-state index is 12.1. The molecule has 2 bridgehead atoms. The highest BCUT2D eigenvalue weighted by Gasteiger charge is 2.40. The minimum atomic E-state index is -0.254. The van der Waals surface area contributed by atoms with Crippen molar-refractivity contribution < 1.29 is 4.79 Å². The molecule has 1 aromatic carbocycles. The van der Waals surface area contributed by atoms with Crippen LogP contribution >= 0.6 is 23.2 Å². The first-order chi connectivity index (χ1) is 10.0. The van der Waals surface area contributed by atoms with E-state index in [1.807, 2.05) is 6.92 Å². The van der Waals surface area contributed by atoms with E-state index in [-0.39, 0.29) is 5.91 Å². The van der Waals surface area contributed by atoms with E-state index in [9.17, 15) is 4.79 Å². The predicted molar refractivity (Wildman–Crippen MR) is 86.0 cm³/mol. The van der Waals surface area contributed by atoms with E-state index < -0.39 is 0 Å². The van der Waals surface area contributed by atoms with E-state index in [0.717, 1.165) is 17.5 Å². The Balaban J connectivity index is 1.64. The third-order valence-electron chi connectivity index (χ3n) is 4.79. The molecule has 0 spiro atoms. The molecule has 1 amide bonds. The Morgan fingerprint density at radius 2 is 2.05 bits per heavy atom. The third kappa shape index (κ3) is 3.09. The van der Waals surface area contributed by atoms with Gasteiger partial charge in [0.1, 0.15) is 0 Å². The van der Waals surface area contributed by atoms with E-state index in [1.54, 1.807) is 18.2 Å². The van der Waals surface area contributed by atoms with Crippen LogP contribution in [-0.4, -0.2) is 11.6 Å². The molecule has 112 valence electrons. The van der Waals surface area contributed by atoms with Gasteiger partial charge in [-0.2, -0.15) is 5.10 Å². The van der Waals surface area contributed by atoms with Crippen LogP contribution in [0.5, 0.6) is 0 Å². The Kier molecular flexibility index (Phi) is 4.23. The van der Waals surface area contributed by atoms with Crippen LogP contribution in [0.4, 0.5) is 0 Å². The summed E-state index contributed by atoms with van der Waals surface area (Å²) in [5.41, 5.74) is 4.13.